The molecule has 212 valence electrons. The molecule has 0 saturated heterocycles. The van der Waals surface area contributed by atoms with E-state index in [1.54, 1.807) is 0 Å². The topological polar surface area (TPSA) is 26.0 Å². The van der Waals surface area contributed by atoms with Crippen LogP contribution in [0.2, 0.25) is 0 Å². The third-order valence-corrected chi connectivity index (χ3v) is 10.2. The summed E-state index contributed by atoms with van der Waals surface area (Å²) in [5.41, 5.74) is 15.0. The van der Waals surface area contributed by atoms with E-state index >= 15 is 0 Å². The van der Waals surface area contributed by atoms with Gasteiger partial charge in [-0.3, -0.25) is 4.98 Å². The number of pyridine rings is 1. The number of hydrogen-bond donors (Lipinski definition) is 0. The maximum absolute atomic E-state index is 4.36. The molecule has 0 spiro atoms. The fourth-order valence-electron chi connectivity index (χ4n) is 8.49. The molecular formula is C41H25BN4. The van der Waals surface area contributed by atoms with Crippen molar-refractivity contribution in [2.75, 3.05) is 4.90 Å². The summed E-state index contributed by atoms with van der Waals surface area (Å²) in [7, 11) is 0. The van der Waals surface area contributed by atoms with E-state index in [9.17, 15) is 0 Å². The average Bonchev–Trinajstić information content (AvgIpc) is 3.64. The van der Waals surface area contributed by atoms with Crippen LogP contribution in [0.15, 0.2) is 152 Å². The summed E-state index contributed by atoms with van der Waals surface area (Å²) in [5, 5.41) is 5.11. The normalized spacial score (nSPS) is 13.1. The molecule has 0 fully saturated rings. The van der Waals surface area contributed by atoms with Gasteiger partial charge in [0.05, 0.1) is 22.1 Å². The van der Waals surface area contributed by atoms with Gasteiger partial charge >= 0.3 is 0 Å². The summed E-state index contributed by atoms with van der Waals surface area (Å²) >= 11 is 0. The number of para-hydroxylation sites is 4. The maximum Gasteiger partial charge on any atom is 0.252 e. The molecule has 6 aromatic carbocycles. The lowest BCUT2D eigenvalue weighted by Crippen LogP contribution is -2.60. The van der Waals surface area contributed by atoms with Gasteiger partial charge < -0.3 is 14.0 Å². The molecule has 0 atom stereocenters. The van der Waals surface area contributed by atoms with Crippen molar-refractivity contribution in [1.29, 1.82) is 0 Å². The van der Waals surface area contributed by atoms with Crippen LogP contribution >= 0.6 is 0 Å². The predicted octanol–water partition coefficient (Wildman–Crippen LogP) is 7.89. The molecule has 0 unspecified atom stereocenters. The minimum Gasteiger partial charge on any atom is -0.311 e. The van der Waals surface area contributed by atoms with Crippen LogP contribution in [-0.4, -0.2) is 20.8 Å². The van der Waals surface area contributed by atoms with Crippen molar-refractivity contribution in [1.82, 2.24) is 14.1 Å². The second kappa shape index (κ2) is 8.77. The molecule has 0 bridgehead atoms. The minimum atomic E-state index is 0.0918. The molecule has 2 aliphatic heterocycles. The number of nitrogens with zero attached hydrogens (tertiary/aromatic N) is 4. The average molecular weight is 584 g/mol. The number of anilines is 3. The zero-order valence-corrected chi connectivity index (χ0v) is 24.8. The second-order valence-corrected chi connectivity index (χ2v) is 12.4. The molecule has 5 heterocycles. The summed E-state index contributed by atoms with van der Waals surface area (Å²) in [6, 6.07) is 51.2. The van der Waals surface area contributed by atoms with E-state index in [-0.39, 0.29) is 6.71 Å². The van der Waals surface area contributed by atoms with Crippen LogP contribution in [0.3, 0.4) is 0 Å². The van der Waals surface area contributed by atoms with Crippen molar-refractivity contribution in [3.63, 3.8) is 0 Å². The molecule has 0 amide bonds. The van der Waals surface area contributed by atoms with Gasteiger partial charge in [-0.05, 0) is 71.0 Å². The molecule has 4 nitrogen and oxygen atoms in total. The Kier molecular flexibility index (Phi) is 4.63. The second-order valence-electron chi connectivity index (χ2n) is 12.4. The Morgan fingerprint density at radius 1 is 0.457 bits per heavy atom. The number of aromatic nitrogens is 3. The first-order valence-corrected chi connectivity index (χ1v) is 15.9. The fourth-order valence-corrected chi connectivity index (χ4v) is 8.49. The Bertz CT molecular complexity index is 2710. The lowest BCUT2D eigenvalue weighted by Gasteiger charge is -2.40. The van der Waals surface area contributed by atoms with E-state index in [1.807, 2.05) is 12.4 Å². The van der Waals surface area contributed by atoms with E-state index in [2.05, 4.69) is 159 Å². The molecule has 9 aromatic rings. The molecule has 0 N–H and O–H groups in total. The van der Waals surface area contributed by atoms with Gasteiger partial charge in [0.2, 0.25) is 0 Å². The highest BCUT2D eigenvalue weighted by Gasteiger charge is 2.42. The van der Waals surface area contributed by atoms with E-state index in [0.717, 1.165) is 5.69 Å². The maximum atomic E-state index is 4.36. The van der Waals surface area contributed by atoms with Gasteiger partial charge in [-0.25, -0.2) is 0 Å². The molecule has 5 heteroatoms. The molecule has 11 rings (SSSR count). The standard InChI is InChI=1S/C41H25BN4/c1-2-11-26(12-3-1)44-35-18-9-6-15-31(35)42-32-25-30-28-13-4-7-16-33(28)45(27-21-23-43-24-22-27)40(30)38-29-14-5-8-17-34(29)46(41(32)38)37-20-10-19-36(44)39(37)42/h1-25H. The van der Waals surface area contributed by atoms with E-state index in [4.69, 9.17) is 0 Å². The Hall–Kier alpha value is -6.07. The Labute approximate surface area is 265 Å². The lowest BCUT2D eigenvalue weighted by atomic mass is 9.33. The summed E-state index contributed by atoms with van der Waals surface area (Å²) in [6.07, 6.45) is 3.78. The van der Waals surface area contributed by atoms with Gasteiger partial charge in [0.15, 0.2) is 0 Å². The number of hydrogen-bond acceptors (Lipinski definition) is 2. The summed E-state index contributed by atoms with van der Waals surface area (Å²) < 4.78 is 4.99. The van der Waals surface area contributed by atoms with Gasteiger partial charge in [0, 0.05) is 62.4 Å². The highest BCUT2D eigenvalue weighted by molar-refractivity contribution is 7.00. The van der Waals surface area contributed by atoms with E-state index in [0.29, 0.717) is 0 Å². The van der Waals surface area contributed by atoms with Crippen molar-refractivity contribution in [2.45, 2.75) is 0 Å². The smallest absolute Gasteiger partial charge is 0.252 e. The molecule has 2 aliphatic rings. The largest absolute Gasteiger partial charge is 0.311 e. The van der Waals surface area contributed by atoms with Gasteiger partial charge in [-0.2, -0.15) is 0 Å². The molecule has 0 saturated carbocycles. The van der Waals surface area contributed by atoms with Gasteiger partial charge in [-0.1, -0.05) is 84.9 Å². The van der Waals surface area contributed by atoms with Crippen LogP contribution in [0.1, 0.15) is 0 Å². The molecule has 3 aromatic heterocycles. The van der Waals surface area contributed by atoms with Gasteiger partial charge in [0.1, 0.15) is 0 Å². The van der Waals surface area contributed by atoms with Crippen LogP contribution in [0, 0.1) is 0 Å². The van der Waals surface area contributed by atoms with E-state index in [1.165, 1.54) is 82.7 Å². The van der Waals surface area contributed by atoms with Crippen molar-refractivity contribution in [3.05, 3.63) is 152 Å². The zero-order valence-electron chi connectivity index (χ0n) is 24.8. The SMILES string of the molecule is c1ccc(N2c3ccccc3B3c4c2cccc4-n2c4ccccc4c4c2c3cc2c3ccccc3n(-c3ccncc3)c24)cc1. The summed E-state index contributed by atoms with van der Waals surface area (Å²) in [5.74, 6) is 0. The number of rotatable bonds is 2. The first kappa shape index (κ1) is 24.3. The molecular weight excluding hydrogens is 559 g/mol. The third-order valence-electron chi connectivity index (χ3n) is 10.2. The van der Waals surface area contributed by atoms with E-state index < -0.39 is 0 Å². The first-order chi connectivity index (χ1) is 22.9. The lowest BCUT2D eigenvalue weighted by molar-refractivity contribution is 1.16. The number of fused-ring (bicyclic) bond motifs is 11. The third kappa shape index (κ3) is 2.93. The van der Waals surface area contributed by atoms with Crippen molar-refractivity contribution >= 4 is 83.8 Å². The number of benzene rings is 6. The highest BCUT2D eigenvalue weighted by Crippen LogP contribution is 2.45. The Morgan fingerprint density at radius 2 is 1.13 bits per heavy atom. The molecule has 0 radical (unpaired) electrons. The van der Waals surface area contributed by atoms with Gasteiger partial charge in [-0.15, -0.1) is 0 Å². The quantitative estimate of drug-likeness (QED) is 0.193. The van der Waals surface area contributed by atoms with Crippen LogP contribution in [-0.2, 0) is 0 Å². The monoisotopic (exact) mass is 584 g/mol. The minimum absolute atomic E-state index is 0.0918. The van der Waals surface area contributed by atoms with Crippen molar-refractivity contribution < 1.29 is 0 Å². The first-order valence-electron chi connectivity index (χ1n) is 15.9. The van der Waals surface area contributed by atoms with Crippen LogP contribution in [0.4, 0.5) is 17.1 Å². The zero-order chi connectivity index (χ0) is 29.9. The molecule has 46 heavy (non-hydrogen) atoms. The highest BCUT2D eigenvalue weighted by atomic mass is 15.2. The fraction of sp³-hybridized carbons (Fsp3) is 0. The van der Waals surface area contributed by atoms with Crippen LogP contribution < -0.4 is 21.3 Å². The summed E-state index contributed by atoms with van der Waals surface area (Å²) in [6.45, 7) is 0.0918. The predicted molar refractivity (Wildman–Crippen MR) is 192 cm³/mol. The van der Waals surface area contributed by atoms with Gasteiger partial charge in [0.25, 0.3) is 6.71 Å². The summed E-state index contributed by atoms with van der Waals surface area (Å²) in [4.78, 5) is 6.81. The van der Waals surface area contributed by atoms with Crippen LogP contribution in [0.25, 0.3) is 55.0 Å². The van der Waals surface area contributed by atoms with Crippen molar-refractivity contribution in [2.24, 2.45) is 0 Å². The Morgan fingerprint density at radius 3 is 1.98 bits per heavy atom. The van der Waals surface area contributed by atoms with Crippen LogP contribution in [0.5, 0.6) is 0 Å². The van der Waals surface area contributed by atoms with Crippen molar-refractivity contribution in [3.8, 4) is 11.4 Å². The molecule has 0 aliphatic carbocycles. The Balaban J connectivity index is 1.38.